The van der Waals surface area contributed by atoms with Gasteiger partial charge in [0.2, 0.25) is 11.6 Å². The predicted octanol–water partition coefficient (Wildman–Crippen LogP) is 3.09. The van der Waals surface area contributed by atoms with E-state index in [4.69, 9.17) is 15.2 Å². The lowest BCUT2D eigenvalue weighted by Crippen LogP contribution is -2.20. The lowest BCUT2D eigenvalue weighted by atomic mass is 10.2. The minimum absolute atomic E-state index is 0.00343. The molecule has 0 saturated heterocycles. The number of aromatic nitrogens is 5. The number of benzene rings is 2. The van der Waals surface area contributed by atoms with Crippen LogP contribution in [0.5, 0.6) is 11.5 Å². The molecule has 1 aliphatic rings. The molecule has 0 saturated carbocycles. The lowest BCUT2D eigenvalue weighted by molar-refractivity contribution is 0.0728. The molecule has 216 valence electrons. The first-order valence-electron chi connectivity index (χ1n) is 12.3. The number of hydrogen-bond donors (Lipinski definition) is 2. The number of amides is 1. The Morgan fingerprint density at radius 1 is 1.24 bits per heavy atom. The summed E-state index contributed by atoms with van der Waals surface area (Å²) in [6.07, 6.45) is 1.38. The Kier molecular flexibility index (Phi) is 9.08. The summed E-state index contributed by atoms with van der Waals surface area (Å²) in [5.74, 6) is -0.0433. The van der Waals surface area contributed by atoms with E-state index >= 15 is 0 Å². The normalized spacial score (nSPS) is 12.9. The fourth-order valence-electron chi connectivity index (χ4n) is 3.57. The van der Waals surface area contributed by atoms with Gasteiger partial charge < -0.3 is 15.2 Å². The number of esters is 1. The Labute approximate surface area is 245 Å². The standard InChI is InChI=1S/C25H22FN9O5S2/c1-2-38-19-11-14(3-8-18(19)39-24(37)15-4-6-16(26)7-5-15)12-29-31-23(36)20-17(13-42-25-28-9-10-41-25)35(34-30-20)22-21(27)32-40-33-22/h3-8,11-12H,2,9-10,13H2,1H3,(H2,27,32)(H,31,36)/b29-12-. The van der Waals surface area contributed by atoms with Crippen molar-refractivity contribution in [2.24, 2.45) is 10.1 Å². The van der Waals surface area contributed by atoms with Crippen molar-refractivity contribution in [3.63, 3.8) is 0 Å². The van der Waals surface area contributed by atoms with Gasteiger partial charge in [-0.25, -0.2) is 19.2 Å². The van der Waals surface area contributed by atoms with Crippen molar-refractivity contribution in [1.29, 1.82) is 0 Å². The minimum atomic E-state index is -0.673. The lowest BCUT2D eigenvalue weighted by Gasteiger charge is -2.11. The van der Waals surface area contributed by atoms with Gasteiger partial charge in [0.05, 0.1) is 30.6 Å². The number of carbonyl (C=O) groups excluding carboxylic acids is 2. The van der Waals surface area contributed by atoms with Crippen LogP contribution in [0.25, 0.3) is 5.82 Å². The summed E-state index contributed by atoms with van der Waals surface area (Å²) in [4.78, 5) is 29.9. The first-order chi connectivity index (χ1) is 20.4. The summed E-state index contributed by atoms with van der Waals surface area (Å²) in [6, 6.07) is 9.71. The van der Waals surface area contributed by atoms with Gasteiger partial charge in [-0.1, -0.05) is 28.7 Å². The number of halogens is 1. The largest absolute Gasteiger partial charge is 0.490 e. The molecule has 3 N–H and O–H groups in total. The molecular formula is C25H22FN9O5S2. The van der Waals surface area contributed by atoms with Crippen LogP contribution in [0.15, 0.2) is 57.2 Å². The van der Waals surface area contributed by atoms with Crippen LogP contribution < -0.4 is 20.6 Å². The van der Waals surface area contributed by atoms with E-state index in [1.54, 1.807) is 30.8 Å². The molecule has 0 spiro atoms. The number of thioether (sulfide) groups is 2. The molecule has 0 radical (unpaired) electrons. The van der Waals surface area contributed by atoms with E-state index < -0.39 is 17.7 Å². The third-order valence-electron chi connectivity index (χ3n) is 5.49. The van der Waals surface area contributed by atoms with Crippen LogP contribution in [0.3, 0.4) is 0 Å². The number of carbonyl (C=O) groups is 2. The number of nitrogens with two attached hydrogens (primary N) is 1. The molecule has 1 amide bonds. The molecule has 0 fully saturated rings. The van der Waals surface area contributed by atoms with Gasteiger partial charge in [0, 0.05) is 11.5 Å². The van der Waals surface area contributed by atoms with Gasteiger partial charge in [0.15, 0.2) is 17.2 Å². The summed E-state index contributed by atoms with van der Waals surface area (Å²) in [5.41, 5.74) is 9.39. The molecule has 1 aliphatic heterocycles. The Bertz CT molecular complexity index is 1660. The Hall–Kier alpha value is -4.77. The fourth-order valence-corrected chi connectivity index (χ4v) is 5.57. The third kappa shape index (κ3) is 6.74. The molecule has 17 heteroatoms. The molecule has 0 atom stereocenters. The van der Waals surface area contributed by atoms with Gasteiger partial charge in [-0.2, -0.15) is 9.78 Å². The molecule has 14 nitrogen and oxygen atoms in total. The molecule has 3 heterocycles. The van der Waals surface area contributed by atoms with E-state index in [0.29, 0.717) is 23.6 Å². The van der Waals surface area contributed by atoms with Crippen LogP contribution in [-0.2, 0) is 5.75 Å². The van der Waals surface area contributed by atoms with Gasteiger partial charge in [-0.15, -0.1) is 5.10 Å². The summed E-state index contributed by atoms with van der Waals surface area (Å²) in [7, 11) is 0. The average molecular weight is 612 g/mol. The van der Waals surface area contributed by atoms with Crippen molar-refractivity contribution in [2.45, 2.75) is 12.7 Å². The van der Waals surface area contributed by atoms with Crippen LogP contribution >= 0.6 is 23.5 Å². The third-order valence-corrected chi connectivity index (χ3v) is 7.76. The second-order valence-electron chi connectivity index (χ2n) is 8.29. The molecular weight excluding hydrogens is 589 g/mol. The van der Waals surface area contributed by atoms with Crippen molar-refractivity contribution in [2.75, 3.05) is 24.6 Å². The number of hydrazone groups is 1. The first kappa shape index (κ1) is 28.7. The quantitative estimate of drug-likeness (QED) is 0.116. The number of anilines is 1. The maximum atomic E-state index is 13.2. The summed E-state index contributed by atoms with van der Waals surface area (Å²) < 4.78 is 31.1. The zero-order valence-electron chi connectivity index (χ0n) is 21.9. The minimum Gasteiger partial charge on any atom is -0.490 e. The highest BCUT2D eigenvalue weighted by atomic mass is 32.2. The molecule has 0 aliphatic carbocycles. The second kappa shape index (κ2) is 13.3. The number of aliphatic imine (C=N–C) groups is 1. The van der Waals surface area contributed by atoms with Crippen LogP contribution in [0.2, 0.25) is 0 Å². The number of nitrogens with zero attached hydrogens (tertiary/aromatic N) is 7. The van der Waals surface area contributed by atoms with Gasteiger partial charge in [0.1, 0.15) is 10.2 Å². The van der Waals surface area contributed by atoms with E-state index in [9.17, 15) is 14.0 Å². The predicted molar refractivity (Wildman–Crippen MR) is 154 cm³/mol. The van der Waals surface area contributed by atoms with Gasteiger partial charge in [-0.3, -0.25) is 9.79 Å². The number of nitrogens with one attached hydrogen (secondary N) is 1. The summed E-state index contributed by atoms with van der Waals surface area (Å²) in [5, 5.41) is 19.4. The highest BCUT2D eigenvalue weighted by molar-refractivity contribution is 8.38. The van der Waals surface area contributed by atoms with Gasteiger partial charge >= 0.3 is 5.97 Å². The monoisotopic (exact) mass is 611 g/mol. The molecule has 5 rings (SSSR count). The number of hydrogen-bond acceptors (Lipinski definition) is 14. The summed E-state index contributed by atoms with van der Waals surface area (Å²) >= 11 is 3.05. The van der Waals surface area contributed by atoms with E-state index in [-0.39, 0.29) is 34.4 Å². The molecule has 42 heavy (non-hydrogen) atoms. The van der Waals surface area contributed by atoms with Crippen molar-refractivity contribution >= 4 is 51.8 Å². The van der Waals surface area contributed by atoms with Gasteiger partial charge in [0.25, 0.3) is 5.91 Å². The van der Waals surface area contributed by atoms with Crippen LogP contribution in [0.1, 0.15) is 39.0 Å². The fraction of sp³-hybridized carbons (Fsp3) is 0.200. The topological polar surface area (TPSA) is 185 Å². The first-order valence-corrected chi connectivity index (χ1v) is 14.3. The SMILES string of the molecule is CCOc1cc(/C=N\NC(=O)c2nnn(-c3nonc3N)c2CSC2=NCCS2)ccc1OC(=O)c1ccc(F)cc1. The number of nitrogen functional groups attached to an aromatic ring is 1. The molecule has 0 unspecified atom stereocenters. The molecule has 4 aromatic rings. The summed E-state index contributed by atoms with van der Waals surface area (Å²) in [6.45, 7) is 2.80. The zero-order chi connectivity index (χ0) is 29.5. The van der Waals surface area contributed by atoms with Crippen molar-refractivity contribution in [3.8, 4) is 17.3 Å². The van der Waals surface area contributed by atoms with E-state index in [0.717, 1.165) is 16.7 Å². The maximum absolute atomic E-state index is 13.2. The highest BCUT2D eigenvalue weighted by Gasteiger charge is 2.25. The van der Waals surface area contributed by atoms with E-state index in [1.165, 1.54) is 53.0 Å². The molecule has 0 bridgehead atoms. The van der Waals surface area contributed by atoms with Crippen LogP contribution in [0.4, 0.5) is 10.2 Å². The van der Waals surface area contributed by atoms with Crippen molar-refractivity contribution in [1.82, 2.24) is 30.7 Å². The Morgan fingerprint density at radius 2 is 2.07 bits per heavy atom. The Balaban J connectivity index is 1.30. The van der Waals surface area contributed by atoms with Crippen molar-refractivity contribution < 1.29 is 28.1 Å². The smallest absolute Gasteiger partial charge is 0.343 e. The van der Waals surface area contributed by atoms with Crippen LogP contribution in [0, 0.1) is 5.82 Å². The van der Waals surface area contributed by atoms with Gasteiger partial charge in [-0.05, 0) is 65.3 Å². The van der Waals surface area contributed by atoms with E-state index in [2.05, 4.69) is 40.8 Å². The molecule has 2 aromatic carbocycles. The average Bonchev–Trinajstić information content (AvgIpc) is 3.75. The molecule has 2 aromatic heterocycles. The maximum Gasteiger partial charge on any atom is 0.343 e. The van der Waals surface area contributed by atoms with Crippen LogP contribution in [-0.4, -0.2) is 66.7 Å². The highest BCUT2D eigenvalue weighted by Crippen LogP contribution is 2.29. The zero-order valence-corrected chi connectivity index (χ0v) is 23.5. The van der Waals surface area contributed by atoms with E-state index in [1.807, 2.05) is 0 Å². The number of ether oxygens (including phenoxy) is 2. The Morgan fingerprint density at radius 3 is 2.79 bits per heavy atom. The number of rotatable bonds is 10. The van der Waals surface area contributed by atoms with Crippen molar-refractivity contribution in [3.05, 3.63) is 70.8 Å². The second-order valence-corrected chi connectivity index (χ2v) is 10.6.